The van der Waals surface area contributed by atoms with Gasteiger partial charge in [0.1, 0.15) is 27.8 Å². The topological polar surface area (TPSA) is 118 Å². The Labute approximate surface area is 207 Å². The number of carbonyl (C=O) groups is 3. The minimum atomic E-state index is -4.74. The third kappa shape index (κ3) is 5.98. The van der Waals surface area contributed by atoms with E-state index < -0.39 is 74.1 Å². The average Bonchev–Trinajstić information content (AvgIpc) is 2.75. The molecule has 0 atom stereocenters. The molecule has 36 heavy (non-hydrogen) atoms. The molecule has 15 heteroatoms. The number of benzene rings is 2. The van der Waals surface area contributed by atoms with E-state index in [2.05, 4.69) is 10.3 Å². The van der Waals surface area contributed by atoms with Crippen LogP contribution >= 0.6 is 23.2 Å². The number of aromatic nitrogens is 1. The lowest BCUT2D eigenvalue weighted by Gasteiger charge is -2.14. The highest BCUT2D eigenvalue weighted by Crippen LogP contribution is 2.39. The van der Waals surface area contributed by atoms with E-state index in [1.807, 2.05) is 0 Å². The van der Waals surface area contributed by atoms with E-state index in [1.54, 1.807) is 5.32 Å². The number of urea groups is 1. The summed E-state index contributed by atoms with van der Waals surface area (Å²) in [7, 11) is 0. The number of halogens is 7. The van der Waals surface area contributed by atoms with E-state index >= 15 is 0 Å². The molecule has 2 aromatic carbocycles. The van der Waals surface area contributed by atoms with Crippen LogP contribution in [0.5, 0.6) is 11.6 Å². The predicted molar refractivity (Wildman–Crippen MR) is 116 cm³/mol. The second-order valence-electron chi connectivity index (χ2n) is 6.76. The molecule has 8 nitrogen and oxygen atoms in total. The molecule has 1 aromatic heterocycles. The van der Waals surface area contributed by atoms with Crippen LogP contribution in [0.2, 0.25) is 10.0 Å². The molecule has 3 aromatic rings. The monoisotopic (exact) mass is 549 g/mol. The molecule has 0 fully saturated rings. The van der Waals surface area contributed by atoms with Crippen molar-refractivity contribution in [3.05, 3.63) is 81.0 Å². The van der Waals surface area contributed by atoms with Crippen molar-refractivity contribution in [1.82, 2.24) is 10.3 Å². The number of carboxylic acid groups (broad SMARTS) is 1. The molecule has 0 radical (unpaired) electrons. The third-order valence-electron chi connectivity index (χ3n) is 4.28. The van der Waals surface area contributed by atoms with E-state index in [4.69, 9.17) is 27.9 Å². The molecule has 3 amide bonds. The quantitative estimate of drug-likeness (QED) is 0.329. The summed E-state index contributed by atoms with van der Waals surface area (Å²) in [6.07, 6.45) is -4.34. The number of hydrogen-bond acceptors (Lipinski definition) is 5. The number of carboxylic acids is 1. The van der Waals surface area contributed by atoms with Gasteiger partial charge in [-0.25, -0.2) is 23.4 Å². The number of pyridine rings is 1. The first-order chi connectivity index (χ1) is 16.8. The standard InChI is InChI=1S/C21H10Cl2F5N3O5/c22-11-6-9(30-20(35)31-17(32)15-13(24)2-1-3-14(15)25)5-10(19(33)34)16(11)36-18-12(23)4-8(7-29-18)21(26,27)28/h1-7H,(H,33,34)(H2,30,31,32,35). The Hall–Kier alpha value is -3.97. The molecule has 0 aliphatic heterocycles. The van der Waals surface area contributed by atoms with Gasteiger partial charge >= 0.3 is 18.2 Å². The van der Waals surface area contributed by atoms with Gasteiger partial charge in [-0.1, -0.05) is 29.3 Å². The number of imide groups is 1. The molecular weight excluding hydrogens is 540 g/mol. The number of amides is 3. The number of nitrogens with zero attached hydrogens (tertiary/aromatic N) is 1. The maximum absolute atomic E-state index is 13.7. The summed E-state index contributed by atoms with van der Waals surface area (Å²) in [5.41, 5.74) is -3.18. The van der Waals surface area contributed by atoms with Gasteiger partial charge in [0.05, 0.1) is 10.6 Å². The average molecular weight is 550 g/mol. The highest BCUT2D eigenvalue weighted by atomic mass is 35.5. The van der Waals surface area contributed by atoms with Gasteiger partial charge in [-0.2, -0.15) is 13.2 Å². The SMILES string of the molecule is O=C(NC(=O)c1c(F)cccc1F)Nc1cc(Cl)c(Oc2ncc(C(F)(F)F)cc2Cl)c(C(=O)O)c1. The fraction of sp³-hybridized carbons (Fsp3) is 0.0476. The van der Waals surface area contributed by atoms with Crippen LogP contribution in [0.15, 0.2) is 42.6 Å². The lowest BCUT2D eigenvalue weighted by Crippen LogP contribution is -2.35. The van der Waals surface area contributed by atoms with Crippen molar-refractivity contribution in [2.75, 3.05) is 5.32 Å². The summed E-state index contributed by atoms with van der Waals surface area (Å²) in [6.45, 7) is 0. The Morgan fingerprint density at radius 3 is 2.19 bits per heavy atom. The van der Waals surface area contributed by atoms with Gasteiger partial charge < -0.3 is 15.2 Å². The lowest BCUT2D eigenvalue weighted by molar-refractivity contribution is -0.137. The summed E-state index contributed by atoms with van der Waals surface area (Å²) in [6, 6.07) is 3.61. The van der Waals surface area contributed by atoms with Gasteiger partial charge in [0.25, 0.3) is 5.91 Å². The Balaban J connectivity index is 1.84. The second kappa shape index (κ2) is 10.3. The number of anilines is 1. The normalized spacial score (nSPS) is 11.1. The Morgan fingerprint density at radius 1 is 1.00 bits per heavy atom. The number of ether oxygens (including phenoxy) is 1. The summed E-state index contributed by atoms with van der Waals surface area (Å²) < 4.78 is 71.0. The van der Waals surface area contributed by atoms with E-state index in [9.17, 15) is 41.4 Å². The molecule has 188 valence electrons. The molecule has 0 bridgehead atoms. The van der Waals surface area contributed by atoms with Crippen molar-refractivity contribution in [2.45, 2.75) is 6.18 Å². The first kappa shape index (κ1) is 26.6. The Morgan fingerprint density at radius 2 is 1.64 bits per heavy atom. The lowest BCUT2D eigenvalue weighted by atomic mass is 10.1. The minimum Gasteiger partial charge on any atom is -0.478 e. The molecule has 3 N–H and O–H groups in total. The van der Waals surface area contributed by atoms with Crippen LogP contribution in [0.25, 0.3) is 0 Å². The highest BCUT2D eigenvalue weighted by molar-refractivity contribution is 6.33. The molecule has 0 aliphatic rings. The maximum Gasteiger partial charge on any atom is 0.417 e. The van der Waals surface area contributed by atoms with Crippen molar-refractivity contribution in [3.8, 4) is 11.6 Å². The first-order valence-electron chi connectivity index (χ1n) is 9.31. The van der Waals surface area contributed by atoms with Gasteiger partial charge in [0.15, 0.2) is 5.75 Å². The molecule has 0 aliphatic carbocycles. The van der Waals surface area contributed by atoms with Crippen molar-refractivity contribution >= 4 is 46.8 Å². The summed E-state index contributed by atoms with van der Waals surface area (Å²) in [5.74, 6) is -6.68. The number of aromatic carboxylic acids is 1. The minimum absolute atomic E-state index is 0.296. The Kier molecular flexibility index (Phi) is 7.65. The van der Waals surface area contributed by atoms with Crippen LogP contribution in [-0.4, -0.2) is 28.0 Å². The van der Waals surface area contributed by atoms with Gasteiger partial charge in [0, 0.05) is 11.9 Å². The number of nitrogens with one attached hydrogen (secondary N) is 2. The van der Waals surface area contributed by atoms with Crippen molar-refractivity contribution in [2.24, 2.45) is 0 Å². The molecule has 1 heterocycles. The van der Waals surface area contributed by atoms with Crippen molar-refractivity contribution in [3.63, 3.8) is 0 Å². The van der Waals surface area contributed by atoms with Crippen LogP contribution in [0.4, 0.5) is 32.4 Å². The van der Waals surface area contributed by atoms with Gasteiger partial charge in [0.2, 0.25) is 5.88 Å². The fourth-order valence-electron chi connectivity index (χ4n) is 2.72. The van der Waals surface area contributed by atoms with Crippen LogP contribution in [0.3, 0.4) is 0 Å². The predicted octanol–water partition coefficient (Wildman–Crippen LogP) is 6.14. The van der Waals surface area contributed by atoms with Crippen LogP contribution in [0.1, 0.15) is 26.3 Å². The number of rotatable bonds is 5. The zero-order valence-electron chi connectivity index (χ0n) is 17.2. The van der Waals surface area contributed by atoms with Gasteiger partial charge in [-0.05, 0) is 30.3 Å². The summed E-state index contributed by atoms with van der Waals surface area (Å²) >= 11 is 11.8. The first-order valence-corrected chi connectivity index (χ1v) is 10.1. The summed E-state index contributed by atoms with van der Waals surface area (Å²) in [5, 5.41) is 12.2. The van der Waals surface area contributed by atoms with Crippen LogP contribution < -0.4 is 15.4 Å². The largest absolute Gasteiger partial charge is 0.478 e. The van der Waals surface area contributed by atoms with Crippen LogP contribution in [-0.2, 0) is 6.18 Å². The third-order valence-corrected chi connectivity index (χ3v) is 4.83. The molecule has 0 saturated heterocycles. The zero-order valence-corrected chi connectivity index (χ0v) is 18.7. The summed E-state index contributed by atoms with van der Waals surface area (Å²) in [4.78, 5) is 39.3. The highest BCUT2D eigenvalue weighted by Gasteiger charge is 2.32. The molecule has 0 saturated carbocycles. The second-order valence-corrected chi connectivity index (χ2v) is 7.57. The van der Waals surface area contributed by atoms with E-state index in [1.165, 1.54) is 0 Å². The smallest absolute Gasteiger partial charge is 0.417 e. The van der Waals surface area contributed by atoms with Crippen molar-refractivity contribution in [1.29, 1.82) is 0 Å². The van der Waals surface area contributed by atoms with E-state index in [0.717, 1.165) is 30.3 Å². The van der Waals surface area contributed by atoms with Crippen molar-refractivity contribution < 1.29 is 46.2 Å². The molecule has 3 rings (SSSR count). The zero-order chi connectivity index (χ0) is 26.8. The fourth-order valence-corrected chi connectivity index (χ4v) is 3.19. The van der Waals surface area contributed by atoms with Gasteiger partial charge in [-0.3, -0.25) is 10.1 Å². The van der Waals surface area contributed by atoms with E-state index in [0.29, 0.717) is 12.3 Å². The maximum atomic E-state index is 13.7. The number of alkyl halides is 3. The Bertz CT molecular complexity index is 1360. The van der Waals surface area contributed by atoms with E-state index in [-0.39, 0.29) is 5.69 Å². The molecule has 0 unspecified atom stereocenters. The van der Waals surface area contributed by atoms with Gasteiger partial charge in [-0.15, -0.1) is 0 Å². The molecule has 0 spiro atoms. The number of carbonyl (C=O) groups excluding carboxylic acids is 2. The van der Waals surface area contributed by atoms with Crippen LogP contribution in [0, 0.1) is 11.6 Å². The molecular formula is C21H10Cl2F5N3O5. The number of hydrogen-bond donors (Lipinski definition) is 3.